The lowest BCUT2D eigenvalue weighted by atomic mass is 10.5. The van der Waals surface area contributed by atoms with E-state index in [-0.39, 0.29) is 0 Å². The van der Waals surface area contributed by atoms with Crippen molar-refractivity contribution in [2.24, 2.45) is 0 Å². The summed E-state index contributed by atoms with van der Waals surface area (Å²) in [6.45, 7) is 12.3. The van der Waals surface area contributed by atoms with Crippen molar-refractivity contribution in [1.82, 2.24) is 5.32 Å². The maximum atomic E-state index is 5.50. The number of ether oxygens (including phenoxy) is 4. The van der Waals surface area contributed by atoms with E-state index in [0.29, 0.717) is 0 Å². The summed E-state index contributed by atoms with van der Waals surface area (Å²) in [7, 11) is 0. The molecule has 0 aromatic rings. The molecule has 0 spiro atoms. The Balaban J connectivity index is 2.90. The Morgan fingerprint density at radius 2 is 0.905 bits per heavy atom. The van der Waals surface area contributed by atoms with Gasteiger partial charge in [-0.3, -0.25) is 0 Å². The lowest BCUT2D eigenvalue weighted by Gasteiger charge is -2.07. The number of hydrogen-bond acceptors (Lipinski definition) is 5. The molecule has 0 bridgehead atoms. The molecule has 0 rings (SSSR count). The van der Waals surface area contributed by atoms with Crippen molar-refractivity contribution in [3.05, 3.63) is 0 Å². The lowest BCUT2D eigenvalue weighted by Crippen LogP contribution is -2.24. The van der Waals surface area contributed by atoms with Crippen LogP contribution in [0.3, 0.4) is 0 Å². The highest BCUT2D eigenvalue weighted by molar-refractivity contribution is 4.46. The van der Waals surface area contributed by atoms with Gasteiger partial charge >= 0.3 is 0 Å². The van der Waals surface area contributed by atoms with Gasteiger partial charge in [0.15, 0.2) is 0 Å². The molecule has 5 nitrogen and oxygen atoms in total. The zero-order valence-electron chi connectivity index (χ0n) is 14.0. The number of hydrogen-bond donors (Lipinski definition) is 1. The van der Waals surface area contributed by atoms with E-state index in [0.717, 1.165) is 91.6 Å². The van der Waals surface area contributed by atoms with Crippen LogP contribution in [-0.2, 0) is 18.9 Å². The van der Waals surface area contributed by atoms with Crippen LogP contribution < -0.4 is 5.32 Å². The van der Waals surface area contributed by atoms with Gasteiger partial charge in [-0.2, -0.15) is 0 Å². The van der Waals surface area contributed by atoms with Crippen molar-refractivity contribution in [2.45, 2.75) is 39.5 Å². The Kier molecular flexibility index (Phi) is 19.6. The molecule has 0 saturated carbocycles. The lowest BCUT2D eigenvalue weighted by molar-refractivity contribution is 0.0776. The molecule has 21 heavy (non-hydrogen) atoms. The maximum absolute atomic E-state index is 5.50. The molecular formula is C16H35NO4. The van der Waals surface area contributed by atoms with E-state index in [4.69, 9.17) is 18.9 Å². The Morgan fingerprint density at radius 1 is 0.524 bits per heavy atom. The molecule has 0 aromatic heterocycles. The Hall–Kier alpha value is -0.200. The van der Waals surface area contributed by atoms with Gasteiger partial charge in [0.05, 0.1) is 13.2 Å². The molecular weight excluding hydrogens is 270 g/mol. The van der Waals surface area contributed by atoms with Gasteiger partial charge in [0, 0.05) is 52.7 Å². The zero-order chi connectivity index (χ0) is 15.4. The Bertz CT molecular complexity index is 164. The van der Waals surface area contributed by atoms with Crippen LogP contribution in [-0.4, -0.2) is 65.9 Å². The van der Waals surface area contributed by atoms with Gasteiger partial charge in [-0.25, -0.2) is 0 Å². The van der Waals surface area contributed by atoms with Crippen LogP contribution >= 0.6 is 0 Å². The SMILES string of the molecule is CCCOCCCOCCNCCOCCCOCCC. The summed E-state index contributed by atoms with van der Waals surface area (Å²) < 4.78 is 21.7. The van der Waals surface area contributed by atoms with Crippen molar-refractivity contribution in [2.75, 3.05) is 65.9 Å². The van der Waals surface area contributed by atoms with Crippen LogP contribution in [0.15, 0.2) is 0 Å². The minimum absolute atomic E-state index is 0.749. The highest BCUT2D eigenvalue weighted by atomic mass is 16.5. The van der Waals surface area contributed by atoms with E-state index < -0.39 is 0 Å². The van der Waals surface area contributed by atoms with Gasteiger partial charge in [0.25, 0.3) is 0 Å². The average Bonchev–Trinajstić information content (AvgIpc) is 2.50. The minimum atomic E-state index is 0.749. The number of nitrogens with one attached hydrogen (secondary N) is 1. The molecule has 0 aliphatic heterocycles. The summed E-state index contributed by atoms with van der Waals surface area (Å²) in [5, 5.41) is 3.30. The van der Waals surface area contributed by atoms with Gasteiger partial charge in [-0.05, 0) is 25.7 Å². The molecule has 5 heteroatoms. The highest BCUT2D eigenvalue weighted by Crippen LogP contribution is 1.88. The molecule has 0 radical (unpaired) electrons. The maximum Gasteiger partial charge on any atom is 0.0590 e. The molecule has 0 aliphatic rings. The third-order valence-corrected chi connectivity index (χ3v) is 2.70. The summed E-state index contributed by atoms with van der Waals surface area (Å²) in [5.74, 6) is 0. The second kappa shape index (κ2) is 19.8. The summed E-state index contributed by atoms with van der Waals surface area (Å²) in [4.78, 5) is 0. The van der Waals surface area contributed by atoms with Crippen molar-refractivity contribution in [1.29, 1.82) is 0 Å². The normalized spacial score (nSPS) is 11.1. The van der Waals surface area contributed by atoms with Crippen LogP contribution in [0.1, 0.15) is 39.5 Å². The van der Waals surface area contributed by atoms with Gasteiger partial charge in [0.1, 0.15) is 0 Å². The molecule has 0 amide bonds. The van der Waals surface area contributed by atoms with Gasteiger partial charge in [0.2, 0.25) is 0 Å². The minimum Gasteiger partial charge on any atom is -0.381 e. The third kappa shape index (κ3) is 19.8. The van der Waals surface area contributed by atoms with E-state index in [1.54, 1.807) is 0 Å². The van der Waals surface area contributed by atoms with Gasteiger partial charge in [-0.1, -0.05) is 13.8 Å². The molecule has 1 N–H and O–H groups in total. The highest BCUT2D eigenvalue weighted by Gasteiger charge is 1.92. The Morgan fingerprint density at radius 3 is 1.29 bits per heavy atom. The van der Waals surface area contributed by atoms with Crippen LogP contribution in [0, 0.1) is 0 Å². The third-order valence-electron chi connectivity index (χ3n) is 2.70. The molecule has 128 valence electrons. The van der Waals surface area contributed by atoms with Crippen LogP contribution in [0.4, 0.5) is 0 Å². The first-order chi connectivity index (χ1) is 10.4. The van der Waals surface area contributed by atoms with Crippen LogP contribution in [0.2, 0.25) is 0 Å². The summed E-state index contributed by atoms with van der Waals surface area (Å²) in [6.07, 6.45) is 4.11. The monoisotopic (exact) mass is 305 g/mol. The van der Waals surface area contributed by atoms with E-state index in [2.05, 4.69) is 19.2 Å². The fourth-order valence-electron chi connectivity index (χ4n) is 1.64. The van der Waals surface area contributed by atoms with Gasteiger partial charge in [-0.15, -0.1) is 0 Å². The van der Waals surface area contributed by atoms with Crippen LogP contribution in [0.25, 0.3) is 0 Å². The predicted molar refractivity (Wildman–Crippen MR) is 86.0 cm³/mol. The molecule has 0 aliphatic carbocycles. The van der Waals surface area contributed by atoms with E-state index in [1.807, 2.05) is 0 Å². The van der Waals surface area contributed by atoms with Crippen molar-refractivity contribution in [3.63, 3.8) is 0 Å². The van der Waals surface area contributed by atoms with Gasteiger partial charge < -0.3 is 24.3 Å². The van der Waals surface area contributed by atoms with Crippen molar-refractivity contribution >= 4 is 0 Å². The summed E-state index contributed by atoms with van der Waals surface area (Å²) in [5.41, 5.74) is 0. The largest absolute Gasteiger partial charge is 0.381 e. The summed E-state index contributed by atoms with van der Waals surface area (Å²) >= 11 is 0. The van der Waals surface area contributed by atoms with Crippen LogP contribution in [0.5, 0.6) is 0 Å². The number of rotatable bonds is 18. The van der Waals surface area contributed by atoms with Crippen molar-refractivity contribution < 1.29 is 18.9 Å². The smallest absolute Gasteiger partial charge is 0.0590 e. The molecule has 0 aromatic carbocycles. The first-order valence-corrected chi connectivity index (χ1v) is 8.43. The molecule has 0 saturated heterocycles. The second-order valence-electron chi connectivity index (χ2n) is 4.91. The average molecular weight is 305 g/mol. The van der Waals surface area contributed by atoms with E-state index in [9.17, 15) is 0 Å². The Labute approximate surface area is 130 Å². The fraction of sp³-hybridized carbons (Fsp3) is 1.00. The standard InChI is InChI=1S/C16H35NO4/c1-3-9-18-11-5-13-20-15-7-17-8-16-21-14-6-12-19-10-4-2/h17H,3-16H2,1-2H3. The fourth-order valence-corrected chi connectivity index (χ4v) is 1.64. The molecule has 0 unspecified atom stereocenters. The van der Waals surface area contributed by atoms with E-state index >= 15 is 0 Å². The topological polar surface area (TPSA) is 49.0 Å². The van der Waals surface area contributed by atoms with E-state index in [1.165, 1.54) is 0 Å². The zero-order valence-corrected chi connectivity index (χ0v) is 14.0. The molecule has 0 heterocycles. The summed E-state index contributed by atoms with van der Waals surface area (Å²) in [6, 6.07) is 0. The quantitative estimate of drug-likeness (QED) is 0.394. The predicted octanol–water partition coefficient (Wildman–Crippen LogP) is 2.24. The first-order valence-electron chi connectivity index (χ1n) is 8.43. The van der Waals surface area contributed by atoms with Crippen molar-refractivity contribution in [3.8, 4) is 0 Å². The first kappa shape index (κ1) is 20.8. The second-order valence-corrected chi connectivity index (χ2v) is 4.91. The molecule has 0 fully saturated rings. The molecule has 0 atom stereocenters.